The largest absolute Gasteiger partial charge is 0.348 e. The second-order valence-corrected chi connectivity index (χ2v) is 5.68. The van der Waals surface area contributed by atoms with Crippen molar-refractivity contribution in [3.05, 3.63) is 89.2 Å². The van der Waals surface area contributed by atoms with Gasteiger partial charge in [-0.15, -0.1) is 0 Å². The molecule has 5 heteroatoms. The van der Waals surface area contributed by atoms with E-state index in [1.54, 1.807) is 24.4 Å². The van der Waals surface area contributed by atoms with E-state index in [0.717, 1.165) is 17.2 Å². The Morgan fingerprint density at radius 3 is 2.52 bits per heavy atom. The highest BCUT2D eigenvalue weighted by molar-refractivity contribution is 5.93. The Balaban J connectivity index is 1.90. The third-order valence-corrected chi connectivity index (χ3v) is 3.93. The summed E-state index contributed by atoms with van der Waals surface area (Å²) in [5, 5.41) is 2.83. The molecule has 3 rings (SSSR count). The maximum atomic E-state index is 13.6. The SMILES string of the molecule is Cc1cccc(-c2cc(F)cc(F)c2)c1CNC(=O)c1cccnc1. The predicted molar refractivity (Wildman–Crippen MR) is 91.9 cm³/mol. The zero-order valence-electron chi connectivity index (χ0n) is 13.6. The molecule has 0 radical (unpaired) electrons. The van der Waals surface area contributed by atoms with Crippen LogP contribution in [0.15, 0.2) is 60.9 Å². The maximum Gasteiger partial charge on any atom is 0.253 e. The van der Waals surface area contributed by atoms with Crippen molar-refractivity contribution in [2.75, 3.05) is 0 Å². The second kappa shape index (κ2) is 7.21. The summed E-state index contributed by atoms with van der Waals surface area (Å²) in [6.07, 6.45) is 3.07. The van der Waals surface area contributed by atoms with Gasteiger partial charge in [0, 0.05) is 25.0 Å². The van der Waals surface area contributed by atoms with Crippen LogP contribution in [0.5, 0.6) is 0 Å². The first kappa shape index (κ1) is 16.8. The molecule has 0 bridgehead atoms. The minimum Gasteiger partial charge on any atom is -0.348 e. The normalized spacial score (nSPS) is 10.5. The summed E-state index contributed by atoms with van der Waals surface area (Å²) in [4.78, 5) is 16.1. The highest BCUT2D eigenvalue weighted by atomic mass is 19.1. The summed E-state index contributed by atoms with van der Waals surface area (Å²) < 4.78 is 27.1. The monoisotopic (exact) mass is 338 g/mol. The van der Waals surface area contributed by atoms with E-state index in [9.17, 15) is 13.6 Å². The summed E-state index contributed by atoms with van der Waals surface area (Å²) in [5.41, 5.74) is 3.31. The lowest BCUT2D eigenvalue weighted by Gasteiger charge is -2.14. The second-order valence-electron chi connectivity index (χ2n) is 5.68. The molecule has 1 aromatic heterocycles. The van der Waals surface area contributed by atoms with Gasteiger partial charge in [0.05, 0.1) is 5.56 Å². The Morgan fingerprint density at radius 1 is 1.08 bits per heavy atom. The van der Waals surface area contributed by atoms with Crippen LogP contribution in [0, 0.1) is 18.6 Å². The molecule has 0 aliphatic heterocycles. The summed E-state index contributed by atoms with van der Waals surface area (Å²) in [5.74, 6) is -1.53. The van der Waals surface area contributed by atoms with Crippen LogP contribution in [-0.2, 0) is 6.54 Å². The van der Waals surface area contributed by atoms with Gasteiger partial charge in [-0.1, -0.05) is 18.2 Å². The molecule has 0 aliphatic carbocycles. The Bertz CT molecular complexity index is 891. The Kier molecular flexibility index (Phi) is 4.84. The smallest absolute Gasteiger partial charge is 0.253 e. The number of aromatic nitrogens is 1. The van der Waals surface area contributed by atoms with Crippen molar-refractivity contribution in [2.24, 2.45) is 0 Å². The molecule has 2 aromatic carbocycles. The molecule has 3 aromatic rings. The van der Waals surface area contributed by atoms with Gasteiger partial charge in [-0.3, -0.25) is 9.78 Å². The molecule has 0 aliphatic rings. The number of nitrogens with one attached hydrogen (secondary N) is 1. The molecule has 1 amide bonds. The Hall–Kier alpha value is -3.08. The van der Waals surface area contributed by atoms with Gasteiger partial charge in [-0.2, -0.15) is 0 Å². The van der Waals surface area contributed by atoms with E-state index in [4.69, 9.17) is 0 Å². The molecule has 0 spiro atoms. The average Bonchev–Trinajstić information content (AvgIpc) is 2.60. The van der Waals surface area contributed by atoms with E-state index in [-0.39, 0.29) is 12.5 Å². The van der Waals surface area contributed by atoms with Gasteiger partial charge in [0.25, 0.3) is 5.91 Å². The van der Waals surface area contributed by atoms with Crippen LogP contribution in [0.1, 0.15) is 21.5 Å². The molecule has 1 N–H and O–H groups in total. The fraction of sp³-hybridized carbons (Fsp3) is 0.100. The Labute approximate surface area is 144 Å². The molecule has 0 fully saturated rings. The summed E-state index contributed by atoms with van der Waals surface area (Å²) in [6.45, 7) is 2.14. The van der Waals surface area contributed by atoms with Crippen LogP contribution >= 0.6 is 0 Å². The standard InChI is InChI=1S/C20H16F2N2O/c1-13-4-2-6-18(15-8-16(21)10-17(22)9-15)19(13)12-24-20(25)14-5-3-7-23-11-14/h2-11H,12H2,1H3,(H,24,25). The van der Waals surface area contributed by atoms with Gasteiger partial charge >= 0.3 is 0 Å². The first-order valence-electron chi connectivity index (χ1n) is 7.78. The molecule has 0 saturated heterocycles. The lowest BCUT2D eigenvalue weighted by Crippen LogP contribution is -2.23. The van der Waals surface area contributed by atoms with Crippen molar-refractivity contribution in [3.8, 4) is 11.1 Å². The van der Waals surface area contributed by atoms with Gasteiger partial charge in [-0.05, 0) is 53.4 Å². The third-order valence-electron chi connectivity index (χ3n) is 3.93. The van der Waals surface area contributed by atoms with Gasteiger partial charge in [0.15, 0.2) is 0 Å². The summed E-state index contributed by atoms with van der Waals surface area (Å²) in [7, 11) is 0. The van der Waals surface area contributed by atoms with E-state index in [2.05, 4.69) is 10.3 Å². The molecular formula is C20H16F2N2O. The van der Waals surface area contributed by atoms with Crippen molar-refractivity contribution in [3.63, 3.8) is 0 Å². The van der Waals surface area contributed by atoms with Gasteiger partial charge in [-0.25, -0.2) is 8.78 Å². The molecule has 3 nitrogen and oxygen atoms in total. The number of hydrogen-bond donors (Lipinski definition) is 1. The van der Waals surface area contributed by atoms with Crippen LogP contribution in [0.4, 0.5) is 8.78 Å². The van der Waals surface area contributed by atoms with E-state index in [0.29, 0.717) is 16.7 Å². The van der Waals surface area contributed by atoms with Crippen LogP contribution in [-0.4, -0.2) is 10.9 Å². The van der Waals surface area contributed by atoms with E-state index in [1.165, 1.54) is 18.3 Å². The molecule has 0 saturated carbocycles. The van der Waals surface area contributed by atoms with Crippen molar-refractivity contribution < 1.29 is 13.6 Å². The topological polar surface area (TPSA) is 42.0 Å². The minimum absolute atomic E-state index is 0.244. The average molecular weight is 338 g/mol. The highest BCUT2D eigenvalue weighted by Gasteiger charge is 2.12. The molecular weight excluding hydrogens is 322 g/mol. The molecule has 0 unspecified atom stereocenters. The first-order chi connectivity index (χ1) is 12.0. The zero-order valence-corrected chi connectivity index (χ0v) is 13.6. The number of halogens is 2. The lowest BCUT2D eigenvalue weighted by molar-refractivity contribution is 0.0950. The molecule has 126 valence electrons. The summed E-state index contributed by atoms with van der Waals surface area (Å²) >= 11 is 0. The Morgan fingerprint density at radius 2 is 1.84 bits per heavy atom. The highest BCUT2D eigenvalue weighted by Crippen LogP contribution is 2.27. The van der Waals surface area contributed by atoms with Crippen LogP contribution in [0.3, 0.4) is 0 Å². The number of aryl methyl sites for hydroxylation is 1. The number of nitrogens with zero attached hydrogens (tertiary/aromatic N) is 1. The lowest BCUT2D eigenvalue weighted by atomic mass is 9.95. The predicted octanol–water partition coefficient (Wildman–Crippen LogP) is 4.27. The number of carbonyl (C=O) groups excluding carboxylic acids is 1. The van der Waals surface area contributed by atoms with E-state index < -0.39 is 11.6 Å². The number of rotatable bonds is 4. The fourth-order valence-electron chi connectivity index (χ4n) is 2.68. The van der Waals surface area contributed by atoms with E-state index >= 15 is 0 Å². The zero-order chi connectivity index (χ0) is 17.8. The number of amides is 1. The van der Waals surface area contributed by atoms with Crippen LogP contribution in [0.25, 0.3) is 11.1 Å². The fourth-order valence-corrected chi connectivity index (χ4v) is 2.68. The third kappa shape index (κ3) is 3.88. The van der Waals surface area contributed by atoms with Crippen LogP contribution < -0.4 is 5.32 Å². The van der Waals surface area contributed by atoms with E-state index in [1.807, 2.05) is 19.1 Å². The quantitative estimate of drug-likeness (QED) is 0.772. The summed E-state index contributed by atoms with van der Waals surface area (Å²) in [6, 6.07) is 12.3. The minimum atomic E-state index is -0.637. The molecule has 0 atom stereocenters. The van der Waals surface area contributed by atoms with Gasteiger partial charge in [0.1, 0.15) is 11.6 Å². The first-order valence-corrected chi connectivity index (χ1v) is 7.78. The van der Waals surface area contributed by atoms with Crippen molar-refractivity contribution >= 4 is 5.91 Å². The maximum absolute atomic E-state index is 13.6. The number of benzene rings is 2. The molecule has 1 heterocycles. The van der Waals surface area contributed by atoms with Crippen molar-refractivity contribution in [1.29, 1.82) is 0 Å². The van der Waals surface area contributed by atoms with Gasteiger partial charge < -0.3 is 5.32 Å². The van der Waals surface area contributed by atoms with Crippen molar-refractivity contribution in [2.45, 2.75) is 13.5 Å². The number of hydrogen-bond acceptors (Lipinski definition) is 2. The van der Waals surface area contributed by atoms with Gasteiger partial charge in [0.2, 0.25) is 0 Å². The number of pyridine rings is 1. The van der Waals surface area contributed by atoms with Crippen LogP contribution in [0.2, 0.25) is 0 Å². The number of carbonyl (C=O) groups is 1. The molecule has 25 heavy (non-hydrogen) atoms. The van der Waals surface area contributed by atoms with Crippen molar-refractivity contribution in [1.82, 2.24) is 10.3 Å².